The highest BCUT2D eigenvalue weighted by Crippen LogP contribution is 2.17. The Kier molecular flexibility index (Phi) is 15.4. The van der Waals surface area contributed by atoms with Crippen LogP contribution in [0.1, 0.15) is 96.6 Å². The number of pyridine rings is 1. The summed E-state index contributed by atoms with van der Waals surface area (Å²) in [5, 5.41) is 35.9. The smallest absolute Gasteiger partial charge is 0.252 e. The second-order valence-corrected chi connectivity index (χ2v) is 9.25. The van der Waals surface area contributed by atoms with E-state index in [0.29, 0.717) is 12.2 Å². The Morgan fingerprint density at radius 3 is 1.85 bits per heavy atom. The lowest BCUT2D eigenvalue weighted by Crippen LogP contribution is -2.60. The lowest BCUT2D eigenvalue weighted by Gasteiger charge is -2.31. The van der Waals surface area contributed by atoms with E-state index in [9.17, 15) is 24.9 Å². The average Bonchev–Trinajstić information content (AvgIpc) is 2.84. The predicted molar refractivity (Wildman–Crippen MR) is 133 cm³/mol. The number of amides is 2. The Labute approximate surface area is 204 Å². The monoisotopic (exact) mass is 479 g/mol. The van der Waals surface area contributed by atoms with E-state index in [1.807, 2.05) is 0 Å². The van der Waals surface area contributed by atoms with E-state index in [-0.39, 0.29) is 6.54 Å². The van der Waals surface area contributed by atoms with E-state index < -0.39 is 29.6 Å². The van der Waals surface area contributed by atoms with Crippen LogP contribution in [-0.2, 0) is 16.1 Å². The molecule has 0 saturated heterocycles. The summed E-state index contributed by atoms with van der Waals surface area (Å²) in [5.74, 6) is -1.71. The van der Waals surface area contributed by atoms with Gasteiger partial charge in [-0.2, -0.15) is 0 Å². The third-order valence-corrected chi connectivity index (χ3v) is 6.10. The van der Waals surface area contributed by atoms with Gasteiger partial charge in [-0.25, -0.2) is 0 Å². The molecule has 0 fully saturated rings. The molecule has 0 aliphatic heterocycles. The standard InChI is InChI=1S/C26H45N3O5/c1-3-4-5-6-7-8-9-10-11-12-13-15-19-28-24(32)22(30)26(2,34)23(31)25(33)29-20-21-17-14-16-18-27-21/h14,16-18,22-23,30-31,34H,3-13,15,19-20H2,1-2H3,(H,28,32)(H,29,33). The Balaban J connectivity index is 2.18. The summed E-state index contributed by atoms with van der Waals surface area (Å²) in [6, 6.07) is 5.19. The van der Waals surface area contributed by atoms with Gasteiger partial charge in [-0.15, -0.1) is 0 Å². The van der Waals surface area contributed by atoms with Crippen molar-refractivity contribution in [3.8, 4) is 0 Å². The number of aromatic nitrogens is 1. The van der Waals surface area contributed by atoms with Gasteiger partial charge in [-0.3, -0.25) is 14.6 Å². The maximum Gasteiger partial charge on any atom is 0.252 e. The fourth-order valence-corrected chi connectivity index (χ4v) is 3.73. The molecule has 194 valence electrons. The van der Waals surface area contributed by atoms with Crippen LogP contribution in [0, 0.1) is 0 Å². The normalized spacial score (nSPS) is 14.7. The van der Waals surface area contributed by atoms with Gasteiger partial charge in [0.1, 0.15) is 5.60 Å². The zero-order valence-corrected chi connectivity index (χ0v) is 21.0. The molecule has 0 bridgehead atoms. The van der Waals surface area contributed by atoms with Crippen LogP contribution in [0.25, 0.3) is 0 Å². The first-order valence-electron chi connectivity index (χ1n) is 12.8. The molecule has 1 aromatic heterocycles. The Morgan fingerprint density at radius 1 is 0.853 bits per heavy atom. The largest absolute Gasteiger partial charge is 0.384 e. The molecule has 0 radical (unpaired) electrons. The summed E-state index contributed by atoms with van der Waals surface area (Å²) in [6.07, 6.45) is 12.1. The first-order chi connectivity index (χ1) is 16.3. The minimum absolute atomic E-state index is 0.0497. The summed E-state index contributed by atoms with van der Waals surface area (Å²) < 4.78 is 0. The second-order valence-electron chi connectivity index (χ2n) is 9.25. The minimum atomic E-state index is -2.34. The van der Waals surface area contributed by atoms with Gasteiger partial charge in [-0.1, -0.05) is 83.6 Å². The Hall–Kier alpha value is -2.03. The van der Waals surface area contributed by atoms with Crippen LogP contribution < -0.4 is 10.6 Å². The third kappa shape index (κ3) is 11.9. The molecule has 2 amide bonds. The fraction of sp³-hybridized carbons (Fsp3) is 0.731. The van der Waals surface area contributed by atoms with Gasteiger partial charge in [0, 0.05) is 12.7 Å². The Morgan fingerprint density at radius 2 is 1.35 bits per heavy atom. The number of nitrogens with zero attached hydrogens (tertiary/aromatic N) is 1. The SMILES string of the molecule is CCCCCCCCCCCCCCNC(=O)C(O)C(C)(O)C(O)C(=O)NCc1ccccn1. The van der Waals surface area contributed by atoms with Crippen LogP contribution >= 0.6 is 0 Å². The van der Waals surface area contributed by atoms with Crippen molar-refractivity contribution in [1.82, 2.24) is 15.6 Å². The molecule has 8 heteroatoms. The quantitative estimate of drug-likeness (QED) is 0.194. The average molecular weight is 480 g/mol. The van der Waals surface area contributed by atoms with Crippen molar-refractivity contribution in [2.24, 2.45) is 0 Å². The van der Waals surface area contributed by atoms with Gasteiger partial charge in [0.25, 0.3) is 11.8 Å². The van der Waals surface area contributed by atoms with Crippen molar-refractivity contribution >= 4 is 11.8 Å². The minimum Gasteiger partial charge on any atom is -0.384 e. The molecule has 1 aromatic rings. The molecule has 8 nitrogen and oxygen atoms in total. The van der Waals surface area contributed by atoms with Crippen LogP contribution in [0.15, 0.2) is 24.4 Å². The molecule has 1 heterocycles. The zero-order chi connectivity index (χ0) is 25.2. The maximum absolute atomic E-state index is 12.2. The number of carbonyl (C=O) groups is 2. The summed E-state index contributed by atoms with van der Waals surface area (Å²) in [5.41, 5.74) is -1.77. The summed E-state index contributed by atoms with van der Waals surface area (Å²) in [7, 11) is 0. The number of carbonyl (C=O) groups excluding carboxylic acids is 2. The lowest BCUT2D eigenvalue weighted by molar-refractivity contribution is -0.169. The summed E-state index contributed by atoms with van der Waals surface area (Å²) in [4.78, 5) is 28.5. The number of rotatable bonds is 19. The number of aliphatic hydroxyl groups excluding tert-OH is 2. The molecule has 3 unspecified atom stereocenters. The van der Waals surface area contributed by atoms with Gasteiger partial charge in [-0.05, 0) is 25.5 Å². The van der Waals surface area contributed by atoms with Crippen molar-refractivity contribution in [2.75, 3.05) is 6.54 Å². The van der Waals surface area contributed by atoms with Crippen LogP contribution in [0.3, 0.4) is 0 Å². The van der Waals surface area contributed by atoms with Gasteiger partial charge < -0.3 is 26.0 Å². The maximum atomic E-state index is 12.2. The van der Waals surface area contributed by atoms with Gasteiger partial charge in [0.15, 0.2) is 12.2 Å². The highest BCUT2D eigenvalue weighted by Gasteiger charge is 2.45. The molecule has 0 aliphatic carbocycles. The number of nitrogens with one attached hydrogen (secondary N) is 2. The number of unbranched alkanes of at least 4 members (excludes halogenated alkanes) is 11. The lowest BCUT2D eigenvalue weighted by atomic mass is 9.91. The number of hydrogen-bond acceptors (Lipinski definition) is 6. The molecular weight excluding hydrogens is 434 g/mol. The van der Waals surface area contributed by atoms with Crippen molar-refractivity contribution in [1.29, 1.82) is 0 Å². The van der Waals surface area contributed by atoms with Crippen LogP contribution in [-0.4, -0.2) is 56.5 Å². The highest BCUT2D eigenvalue weighted by molar-refractivity contribution is 5.86. The topological polar surface area (TPSA) is 132 Å². The van der Waals surface area contributed by atoms with Crippen molar-refractivity contribution in [3.63, 3.8) is 0 Å². The van der Waals surface area contributed by atoms with E-state index in [4.69, 9.17) is 0 Å². The Bertz CT molecular complexity index is 684. The van der Waals surface area contributed by atoms with E-state index in [1.54, 1.807) is 24.4 Å². The van der Waals surface area contributed by atoms with E-state index >= 15 is 0 Å². The second kappa shape index (κ2) is 17.4. The fourth-order valence-electron chi connectivity index (χ4n) is 3.73. The van der Waals surface area contributed by atoms with Gasteiger partial charge in [0.2, 0.25) is 0 Å². The van der Waals surface area contributed by atoms with Crippen molar-refractivity contribution < 1.29 is 24.9 Å². The molecule has 3 atom stereocenters. The van der Waals surface area contributed by atoms with Crippen molar-refractivity contribution in [3.05, 3.63) is 30.1 Å². The van der Waals surface area contributed by atoms with Crippen LogP contribution in [0.2, 0.25) is 0 Å². The predicted octanol–water partition coefficient (Wildman–Crippen LogP) is 2.99. The first-order valence-corrected chi connectivity index (χ1v) is 12.8. The van der Waals surface area contributed by atoms with E-state index in [0.717, 1.165) is 26.2 Å². The zero-order valence-electron chi connectivity index (χ0n) is 21.0. The molecule has 0 spiro atoms. The first kappa shape index (κ1) is 30.0. The van der Waals surface area contributed by atoms with E-state index in [1.165, 1.54) is 57.8 Å². The molecule has 1 rings (SSSR count). The molecule has 0 aliphatic rings. The summed E-state index contributed by atoms with van der Waals surface area (Å²) >= 11 is 0. The number of aliphatic hydroxyl groups is 3. The molecular formula is C26H45N3O5. The highest BCUT2D eigenvalue weighted by atomic mass is 16.4. The third-order valence-electron chi connectivity index (χ3n) is 6.10. The molecule has 0 aromatic carbocycles. The van der Waals surface area contributed by atoms with Crippen molar-refractivity contribution in [2.45, 2.75) is 115 Å². The van der Waals surface area contributed by atoms with E-state index in [2.05, 4.69) is 22.5 Å². The van der Waals surface area contributed by atoms with Gasteiger partial charge in [0.05, 0.1) is 12.2 Å². The summed E-state index contributed by atoms with van der Waals surface area (Å²) in [6.45, 7) is 3.71. The van der Waals surface area contributed by atoms with Crippen LogP contribution in [0.4, 0.5) is 0 Å². The number of hydrogen-bond donors (Lipinski definition) is 5. The molecule has 5 N–H and O–H groups in total. The van der Waals surface area contributed by atoms with Crippen LogP contribution in [0.5, 0.6) is 0 Å². The van der Waals surface area contributed by atoms with Gasteiger partial charge >= 0.3 is 0 Å². The molecule has 0 saturated carbocycles. The molecule has 34 heavy (non-hydrogen) atoms.